The molecule has 1 rings (SSSR count). The second-order valence-electron chi connectivity index (χ2n) is 4.66. The van der Waals surface area contributed by atoms with E-state index < -0.39 is 15.8 Å². The van der Waals surface area contributed by atoms with E-state index in [0.29, 0.717) is 12.0 Å². The normalized spacial score (nSPS) is 11.5. The number of carbonyl (C=O) groups is 1. The third kappa shape index (κ3) is 4.35. The number of aryl methyl sites for hydroxylation is 1. The Morgan fingerprint density at radius 1 is 1.21 bits per heavy atom. The highest BCUT2D eigenvalue weighted by Crippen LogP contribution is 2.20. The fourth-order valence-corrected chi connectivity index (χ4v) is 3.57. The third-order valence-electron chi connectivity index (χ3n) is 3.04. The standard InChI is InChI=1S/C14H20O4S/c1-3-4-5-6-9-19(17,18)13-10-12(14(15)16)8-7-11(13)2/h7-8,10H,3-6,9H2,1-2H3,(H,15,16). The SMILES string of the molecule is CCCCCCS(=O)(=O)c1cc(C(=O)O)ccc1C. The van der Waals surface area contributed by atoms with Gasteiger partial charge in [-0.25, -0.2) is 13.2 Å². The highest BCUT2D eigenvalue weighted by atomic mass is 32.2. The molecule has 0 aliphatic heterocycles. The van der Waals surface area contributed by atoms with Crippen LogP contribution in [0.1, 0.15) is 48.5 Å². The highest BCUT2D eigenvalue weighted by molar-refractivity contribution is 7.91. The van der Waals surface area contributed by atoms with Crippen molar-refractivity contribution >= 4 is 15.8 Å². The van der Waals surface area contributed by atoms with Crippen molar-refractivity contribution in [2.75, 3.05) is 5.75 Å². The molecule has 5 heteroatoms. The van der Waals surface area contributed by atoms with Crippen LogP contribution in [0.25, 0.3) is 0 Å². The number of carboxylic acid groups (broad SMARTS) is 1. The van der Waals surface area contributed by atoms with Crippen molar-refractivity contribution in [1.29, 1.82) is 0 Å². The van der Waals surface area contributed by atoms with Gasteiger partial charge in [-0.1, -0.05) is 32.3 Å². The van der Waals surface area contributed by atoms with E-state index in [-0.39, 0.29) is 16.2 Å². The van der Waals surface area contributed by atoms with E-state index in [2.05, 4.69) is 6.92 Å². The molecule has 0 aliphatic rings. The number of carboxylic acids is 1. The molecule has 0 fully saturated rings. The Morgan fingerprint density at radius 2 is 1.89 bits per heavy atom. The highest BCUT2D eigenvalue weighted by Gasteiger charge is 2.18. The van der Waals surface area contributed by atoms with E-state index in [1.807, 2.05) is 0 Å². The zero-order valence-corrected chi connectivity index (χ0v) is 12.2. The van der Waals surface area contributed by atoms with E-state index in [1.165, 1.54) is 12.1 Å². The molecule has 0 atom stereocenters. The van der Waals surface area contributed by atoms with Crippen molar-refractivity contribution in [3.05, 3.63) is 29.3 Å². The molecule has 0 aromatic heterocycles. The Hall–Kier alpha value is -1.36. The van der Waals surface area contributed by atoms with Crippen LogP contribution >= 0.6 is 0 Å². The van der Waals surface area contributed by atoms with Crippen molar-refractivity contribution in [2.24, 2.45) is 0 Å². The molecule has 4 nitrogen and oxygen atoms in total. The van der Waals surface area contributed by atoms with Gasteiger partial charge in [-0.15, -0.1) is 0 Å². The molecule has 0 saturated heterocycles. The molecule has 0 bridgehead atoms. The molecule has 0 radical (unpaired) electrons. The van der Waals surface area contributed by atoms with Crippen LogP contribution in [0.15, 0.2) is 23.1 Å². The zero-order valence-electron chi connectivity index (χ0n) is 11.3. The Bertz CT molecular complexity index is 547. The lowest BCUT2D eigenvalue weighted by molar-refractivity contribution is 0.0696. The van der Waals surface area contributed by atoms with Crippen molar-refractivity contribution in [1.82, 2.24) is 0 Å². The lowest BCUT2D eigenvalue weighted by Gasteiger charge is -2.08. The van der Waals surface area contributed by atoms with Crippen molar-refractivity contribution in [2.45, 2.75) is 44.4 Å². The molecular formula is C14H20O4S. The van der Waals surface area contributed by atoms with Gasteiger partial charge in [0, 0.05) is 0 Å². The summed E-state index contributed by atoms with van der Waals surface area (Å²) in [7, 11) is -3.39. The van der Waals surface area contributed by atoms with E-state index in [1.54, 1.807) is 13.0 Å². The van der Waals surface area contributed by atoms with Crippen molar-refractivity contribution < 1.29 is 18.3 Å². The summed E-state index contributed by atoms with van der Waals surface area (Å²) >= 11 is 0. The first-order chi connectivity index (χ1) is 8.88. The van der Waals surface area contributed by atoms with Crippen molar-refractivity contribution in [3.8, 4) is 0 Å². The molecule has 1 aromatic rings. The molecule has 19 heavy (non-hydrogen) atoms. The van der Waals surface area contributed by atoms with Crippen LogP contribution in [0.2, 0.25) is 0 Å². The van der Waals surface area contributed by atoms with E-state index >= 15 is 0 Å². The minimum Gasteiger partial charge on any atom is -0.478 e. The average Bonchev–Trinajstić information content (AvgIpc) is 2.34. The molecule has 0 aliphatic carbocycles. The number of hydrogen-bond acceptors (Lipinski definition) is 3. The summed E-state index contributed by atoms with van der Waals surface area (Å²) in [4.78, 5) is 11.0. The Morgan fingerprint density at radius 3 is 2.47 bits per heavy atom. The molecule has 0 saturated carbocycles. The molecule has 1 N–H and O–H groups in total. The smallest absolute Gasteiger partial charge is 0.335 e. The number of unbranched alkanes of at least 4 members (excludes halogenated alkanes) is 3. The number of benzene rings is 1. The summed E-state index contributed by atoms with van der Waals surface area (Å²) in [6, 6.07) is 4.23. The largest absolute Gasteiger partial charge is 0.478 e. The number of rotatable bonds is 7. The van der Waals surface area contributed by atoms with Gasteiger partial charge in [0.2, 0.25) is 0 Å². The van der Waals surface area contributed by atoms with Gasteiger partial charge in [-0.3, -0.25) is 0 Å². The van der Waals surface area contributed by atoms with Gasteiger partial charge in [0.05, 0.1) is 16.2 Å². The van der Waals surface area contributed by atoms with Crippen molar-refractivity contribution in [3.63, 3.8) is 0 Å². The zero-order chi connectivity index (χ0) is 14.5. The summed E-state index contributed by atoms with van der Waals surface area (Å²) in [5.74, 6) is -1.03. The summed E-state index contributed by atoms with van der Waals surface area (Å²) in [5.41, 5.74) is 0.609. The first-order valence-electron chi connectivity index (χ1n) is 6.45. The molecule has 1 aromatic carbocycles. The van der Waals surface area contributed by atoms with Gasteiger partial charge in [0.25, 0.3) is 0 Å². The lowest BCUT2D eigenvalue weighted by atomic mass is 10.1. The second-order valence-corrected chi connectivity index (χ2v) is 6.74. The van der Waals surface area contributed by atoms with Crippen LogP contribution in [0.3, 0.4) is 0 Å². The van der Waals surface area contributed by atoms with Crippen LogP contribution in [0, 0.1) is 6.92 Å². The van der Waals surface area contributed by atoms with Crippen LogP contribution in [0.5, 0.6) is 0 Å². The van der Waals surface area contributed by atoms with Crippen LogP contribution in [-0.2, 0) is 9.84 Å². The van der Waals surface area contributed by atoms with Gasteiger partial charge in [-0.2, -0.15) is 0 Å². The van der Waals surface area contributed by atoms with Gasteiger partial charge in [0.15, 0.2) is 9.84 Å². The van der Waals surface area contributed by atoms with Crippen LogP contribution in [0.4, 0.5) is 0 Å². The quantitative estimate of drug-likeness (QED) is 0.781. The van der Waals surface area contributed by atoms with Crippen LogP contribution in [-0.4, -0.2) is 25.2 Å². The molecule has 106 valence electrons. The maximum Gasteiger partial charge on any atom is 0.335 e. The third-order valence-corrected chi connectivity index (χ3v) is 4.97. The first kappa shape index (κ1) is 15.7. The molecule has 0 amide bonds. The summed E-state index contributed by atoms with van der Waals surface area (Å²) in [6.07, 6.45) is 3.57. The minimum absolute atomic E-state index is 0.0118. The average molecular weight is 284 g/mol. The van der Waals surface area contributed by atoms with Gasteiger partial charge >= 0.3 is 5.97 Å². The fraction of sp³-hybridized carbons (Fsp3) is 0.500. The maximum atomic E-state index is 12.2. The van der Waals surface area contributed by atoms with Gasteiger partial charge < -0.3 is 5.11 Å². The second kappa shape index (κ2) is 6.70. The summed E-state index contributed by atoms with van der Waals surface area (Å²) in [6.45, 7) is 3.75. The predicted molar refractivity (Wildman–Crippen MR) is 74.3 cm³/mol. The number of hydrogen-bond donors (Lipinski definition) is 1. The molecule has 0 spiro atoms. The molecular weight excluding hydrogens is 264 g/mol. The Labute approximate surface area is 114 Å². The first-order valence-corrected chi connectivity index (χ1v) is 8.10. The number of sulfone groups is 1. The Balaban J connectivity index is 2.94. The Kier molecular flexibility index (Phi) is 5.54. The monoisotopic (exact) mass is 284 g/mol. The lowest BCUT2D eigenvalue weighted by Crippen LogP contribution is -2.10. The van der Waals surface area contributed by atoms with E-state index in [4.69, 9.17) is 5.11 Å². The van der Waals surface area contributed by atoms with Crippen LogP contribution < -0.4 is 0 Å². The van der Waals surface area contributed by atoms with E-state index in [0.717, 1.165) is 19.3 Å². The maximum absolute atomic E-state index is 12.2. The summed E-state index contributed by atoms with van der Waals surface area (Å²) in [5, 5.41) is 8.92. The number of aromatic carboxylic acids is 1. The van der Waals surface area contributed by atoms with E-state index in [9.17, 15) is 13.2 Å². The topological polar surface area (TPSA) is 71.4 Å². The summed E-state index contributed by atoms with van der Waals surface area (Å²) < 4.78 is 24.4. The van der Waals surface area contributed by atoms with Gasteiger partial charge in [-0.05, 0) is 31.0 Å². The molecule has 0 unspecified atom stereocenters. The minimum atomic E-state index is -3.39. The fourth-order valence-electron chi connectivity index (χ4n) is 1.90. The molecule has 0 heterocycles. The predicted octanol–water partition coefficient (Wildman–Crippen LogP) is 3.05. The van der Waals surface area contributed by atoms with Gasteiger partial charge in [0.1, 0.15) is 0 Å².